The first-order valence-electron chi connectivity index (χ1n) is 1.78. The van der Waals surface area contributed by atoms with E-state index in [4.69, 9.17) is 4.74 Å². The normalized spacial score (nSPS) is 20.0. The third-order valence-electron chi connectivity index (χ3n) is 0.627. The molecule has 6 heavy (non-hydrogen) atoms. The van der Waals surface area contributed by atoms with Crippen LogP contribution in [0.25, 0.3) is 0 Å². The van der Waals surface area contributed by atoms with Crippen LogP contribution < -0.4 is 11.5 Å². The summed E-state index contributed by atoms with van der Waals surface area (Å²) in [4.78, 5) is 0. The molecule has 1 rings (SSSR count). The average Bonchev–Trinajstić information content (AvgIpc) is 1.76. The van der Waals surface area contributed by atoms with Gasteiger partial charge in [0, 0.05) is 6.54 Å². The third kappa shape index (κ3) is 1.35. The smallest absolute Gasteiger partial charge is 0.0966 e. The maximum Gasteiger partial charge on any atom is 0.0966 e. The zero-order valence-corrected chi connectivity index (χ0v) is 3.74. The maximum atomic E-state index is 4.83. The van der Waals surface area contributed by atoms with Gasteiger partial charge in [0.2, 0.25) is 0 Å². The highest BCUT2D eigenvalue weighted by molar-refractivity contribution is 4.43. The molecule has 3 nitrogen and oxygen atoms in total. The summed E-state index contributed by atoms with van der Waals surface area (Å²) in [5.41, 5.74) is 0. The molecule has 0 aliphatic carbocycles. The van der Waals surface area contributed by atoms with Crippen LogP contribution in [-0.4, -0.2) is 19.9 Å². The molecule has 0 spiro atoms. The monoisotopic (exact) mass is 90.1 g/mol. The minimum Gasteiger partial charge on any atom is -0.365 e. The lowest BCUT2D eigenvalue weighted by Crippen LogP contribution is -2.05. The number of hydrogen-bond acceptors (Lipinski definition) is 3. The predicted octanol–water partition coefficient (Wildman–Crippen LogP) is -0.274. The molecule has 0 atom stereocenters. The molecule has 1 heterocycles. The van der Waals surface area contributed by atoms with E-state index >= 15 is 0 Å². The first-order chi connectivity index (χ1) is 2.50. The van der Waals surface area contributed by atoms with Crippen LogP contribution in [0, 0.1) is 0 Å². The summed E-state index contributed by atoms with van der Waals surface area (Å²) in [6, 6.07) is 0. The van der Waals surface area contributed by atoms with Gasteiger partial charge in [0.05, 0.1) is 13.3 Å². The number of nitrogens with one attached hydrogen (secondary N) is 1. The molecule has 1 aliphatic rings. The van der Waals surface area contributed by atoms with Gasteiger partial charge in [0.15, 0.2) is 0 Å². The molecule has 0 aromatic rings. The molecular formula is C3H10N2O. The van der Waals surface area contributed by atoms with Crippen molar-refractivity contribution in [1.82, 2.24) is 11.5 Å². The fourth-order valence-electron chi connectivity index (χ4n) is 0.361. The Morgan fingerprint density at radius 3 is 2.50 bits per heavy atom. The Labute approximate surface area is 37.3 Å². The van der Waals surface area contributed by atoms with Crippen LogP contribution in [0.4, 0.5) is 0 Å². The highest BCUT2D eigenvalue weighted by Gasteiger charge is 1.92. The van der Waals surface area contributed by atoms with Gasteiger partial charge < -0.3 is 10.9 Å². The van der Waals surface area contributed by atoms with Gasteiger partial charge in [-0.05, 0) is 0 Å². The van der Waals surface area contributed by atoms with Crippen LogP contribution in [0.15, 0.2) is 0 Å². The molecule has 0 saturated carbocycles. The van der Waals surface area contributed by atoms with Crippen LogP contribution in [0.2, 0.25) is 0 Å². The molecule has 0 bridgehead atoms. The Balaban J connectivity index is 0.000000250. The number of hydrogen-bond donors (Lipinski definition) is 2. The molecule has 0 aromatic carbocycles. The van der Waals surface area contributed by atoms with Crippen molar-refractivity contribution >= 4 is 0 Å². The van der Waals surface area contributed by atoms with Crippen LogP contribution in [0.5, 0.6) is 0 Å². The summed E-state index contributed by atoms with van der Waals surface area (Å²) in [5.74, 6) is 0. The lowest BCUT2D eigenvalue weighted by molar-refractivity contribution is 0.194. The van der Waals surface area contributed by atoms with Crippen molar-refractivity contribution in [2.24, 2.45) is 0 Å². The van der Waals surface area contributed by atoms with E-state index in [0.29, 0.717) is 0 Å². The molecule has 3 heteroatoms. The zero-order chi connectivity index (χ0) is 3.54. The van der Waals surface area contributed by atoms with Gasteiger partial charge in [-0.25, -0.2) is 0 Å². The fourth-order valence-corrected chi connectivity index (χ4v) is 0.361. The molecule has 4 N–H and O–H groups in total. The largest absolute Gasteiger partial charge is 0.365 e. The van der Waals surface area contributed by atoms with Gasteiger partial charge in [-0.2, -0.15) is 0 Å². The minimum absolute atomic E-state index is 0. The van der Waals surface area contributed by atoms with Crippen molar-refractivity contribution in [1.29, 1.82) is 0 Å². The van der Waals surface area contributed by atoms with E-state index in [-0.39, 0.29) is 6.15 Å². The second-order valence-corrected chi connectivity index (χ2v) is 1.05. The summed E-state index contributed by atoms with van der Waals surface area (Å²) >= 11 is 0. The Morgan fingerprint density at radius 2 is 2.33 bits per heavy atom. The molecule has 0 amide bonds. The van der Waals surface area contributed by atoms with Crippen molar-refractivity contribution in [3.8, 4) is 0 Å². The van der Waals surface area contributed by atoms with Gasteiger partial charge in [0.25, 0.3) is 0 Å². The Bertz CT molecular complexity index is 20.4. The van der Waals surface area contributed by atoms with Gasteiger partial charge in [-0.3, -0.25) is 5.32 Å². The molecule has 0 radical (unpaired) electrons. The third-order valence-corrected chi connectivity index (χ3v) is 0.627. The predicted molar refractivity (Wildman–Crippen MR) is 23.8 cm³/mol. The Kier molecular flexibility index (Phi) is 3.02. The molecule has 1 saturated heterocycles. The van der Waals surface area contributed by atoms with E-state index in [0.717, 1.165) is 19.9 Å². The van der Waals surface area contributed by atoms with Gasteiger partial charge >= 0.3 is 0 Å². The second-order valence-electron chi connectivity index (χ2n) is 1.05. The van der Waals surface area contributed by atoms with Gasteiger partial charge in [-0.1, -0.05) is 0 Å². The van der Waals surface area contributed by atoms with Crippen LogP contribution >= 0.6 is 0 Å². The Morgan fingerprint density at radius 1 is 1.50 bits per heavy atom. The second kappa shape index (κ2) is 3.08. The molecule has 1 aliphatic heterocycles. The summed E-state index contributed by atoms with van der Waals surface area (Å²) in [6.07, 6.45) is 0. The van der Waals surface area contributed by atoms with Crippen molar-refractivity contribution in [3.63, 3.8) is 0 Å². The lowest BCUT2D eigenvalue weighted by atomic mass is 10.7. The highest BCUT2D eigenvalue weighted by Crippen LogP contribution is 1.75. The minimum atomic E-state index is 0. The zero-order valence-electron chi connectivity index (χ0n) is 3.74. The fraction of sp³-hybridized carbons (Fsp3) is 1.00. The summed E-state index contributed by atoms with van der Waals surface area (Å²) < 4.78 is 4.83. The van der Waals surface area contributed by atoms with Gasteiger partial charge in [0.1, 0.15) is 0 Å². The topological polar surface area (TPSA) is 56.3 Å². The van der Waals surface area contributed by atoms with Crippen LogP contribution in [0.3, 0.4) is 0 Å². The maximum absolute atomic E-state index is 4.83. The van der Waals surface area contributed by atoms with Gasteiger partial charge in [-0.15, -0.1) is 0 Å². The number of rotatable bonds is 0. The van der Waals surface area contributed by atoms with E-state index in [1.54, 1.807) is 0 Å². The summed E-state index contributed by atoms with van der Waals surface area (Å²) in [5, 5.41) is 3.00. The van der Waals surface area contributed by atoms with Crippen molar-refractivity contribution in [3.05, 3.63) is 0 Å². The summed E-state index contributed by atoms with van der Waals surface area (Å²) in [7, 11) is 0. The Hall–Kier alpha value is -0.120. The summed E-state index contributed by atoms with van der Waals surface area (Å²) in [6.45, 7) is 2.67. The standard InChI is InChI=1S/C3H7NO.H3N/c1-2-5-3-4-1;/h4H,1-3H2;1H3. The van der Waals surface area contributed by atoms with Crippen molar-refractivity contribution in [2.45, 2.75) is 0 Å². The van der Waals surface area contributed by atoms with E-state index in [9.17, 15) is 0 Å². The van der Waals surface area contributed by atoms with Crippen molar-refractivity contribution < 1.29 is 4.74 Å². The quantitative estimate of drug-likeness (QED) is 0.430. The van der Waals surface area contributed by atoms with E-state index in [2.05, 4.69) is 5.32 Å². The van der Waals surface area contributed by atoms with E-state index in [1.807, 2.05) is 0 Å². The van der Waals surface area contributed by atoms with Crippen molar-refractivity contribution in [2.75, 3.05) is 19.9 Å². The van der Waals surface area contributed by atoms with E-state index < -0.39 is 0 Å². The molecule has 1 fully saturated rings. The SMILES string of the molecule is C1COCN1.N. The highest BCUT2D eigenvalue weighted by atomic mass is 16.5. The van der Waals surface area contributed by atoms with Crippen LogP contribution in [-0.2, 0) is 4.74 Å². The molecular weight excluding hydrogens is 80.0 g/mol. The first kappa shape index (κ1) is 5.88. The van der Waals surface area contributed by atoms with E-state index in [1.165, 1.54) is 0 Å². The molecule has 38 valence electrons. The number of ether oxygens (including phenoxy) is 1. The molecule has 0 unspecified atom stereocenters. The average molecular weight is 90.1 g/mol. The lowest BCUT2D eigenvalue weighted by Gasteiger charge is -1.76. The first-order valence-corrected chi connectivity index (χ1v) is 1.78. The van der Waals surface area contributed by atoms with Crippen LogP contribution in [0.1, 0.15) is 0 Å². The molecule has 0 aromatic heterocycles.